The van der Waals surface area contributed by atoms with Gasteiger partial charge in [0.05, 0.1) is 16.7 Å². The van der Waals surface area contributed by atoms with Crippen LogP contribution in [0.1, 0.15) is 52.4 Å². The van der Waals surface area contributed by atoms with Gasteiger partial charge in [0.1, 0.15) is 0 Å². The lowest BCUT2D eigenvalue weighted by Gasteiger charge is -2.17. The monoisotopic (exact) mass is 421 g/mol. The molecule has 1 aliphatic rings. The van der Waals surface area contributed by atoms with Gasteiger partial charge in [0, 0.05) is 17.6 Å². The number of hydrogen-bond acceptors (Lipinski definition) is 4. The molecule has 28 heavy (non-hydrogen) atoms. The first-order chi connectivity index (χ1) is 13.4. The molecule has 5 nitrogen and oxygen atoms in total. The van der Waals surface area contributed by atoms with E-state index in [1.807, 2.05) is 0 Å². The summed E-state index contributed by atoms with van der Waals surface area (Å²) in [4.78, 5) is 30.1. The molecule has 0 saturated heterocycles. The first-order valence-electron chi connectivity index (χ1n) is 10.1. The van der Waals surface area contributed by atoms with Gasteiger partial charge in [-0.05, 0) is 37.0 Å². The molecule has 1 heterocycles. The Kier molecular flexibility index (Phi) is 7.41. The first kappa shape index (κ1) is 21.2. The molecule has 1 aliphatic carbocycles. The molecule has 0 unspecified atom stereocenters. The van der Waals surface area contributed by atoms with E-state index in [2.05, 4.69) is 24.1 Å². The highest BCUT2D eigenvalue weighted by Crippen LogP contribution is 2.22. The van der Waals surface area contributed by atoms with E-state index in [0.29, 0.717) is 27.6 Å². The van der Waals surface area contributed by atoms with E-state index in [0.717, 1.165) is 12.8 Å². The summed E-state index contributed by atoms with van der Waals surface area (Å²) in [5.74, 6) is 0.564. The Morgan fingerprint density at radius 2 is 2.00 bits per heavy atom. The SMILES string of the molecule is CC(C)Cn1c(SCC(=O)NC2CCCCCC2)nc2ccc(Cl)cc2c1=O. The molecule has 1 fully saturated rings. The van der Waals surface area contributed by atoms with Gasteiger partial charge in [-0.1, -0.05) is 62.9 Å². The van der Waals surface area contributed by atoms with Crippen LogP contribution in [0.2, 0.25) is 5.02 Å². The van der Waals surface area contributed by atoms with Gasteiger partial charge >= 0.3 is 0 Å². The third kappa shape index (κ3) is 5.51. The minimum atomic E-state index is -0.104. The van der Waals surface area contributed by atoms with Crippen molar-refractivity contribution in [3.8, 4) is 0 Å². The number of hydrogen-bond donors (Lipinski definition) is 1. The zero-order valence-corrected chi connectivity index (χ0v) is 18.1. The van der Waals surface area contributed by atoms with E-state index < -0.39 is 0 Å². The predicted octanol–water partition coefficient (Wildman–Crippen LogP) is 4.64. The second-order valence-corrected chi connectivity index (χ2v) is 9.29. The van der Waals surface area contributed by atoms with Crippen LogP contribution in [0, 0.1) is 5.92 Å². The summed E-state index contributed by atoms with van der Waals surface area (Å²) >= 11 is 7.39. The van der Waals surface area contributed by atoms with Crippen LogP contribution in [0.15, 0.2) is 28.2 Å². The summed E-state index contributed by atoms with van der Waals surface area (Å²) in [6.45, 7) is 4.67. The Morgan fingerprint density at radius 3 is 2.68 bits per heavy atom. The number of nitrogens with zero attached hydrogens (tertiary/aromatic N) is 2. The van der Waals surface area contributed by atoms with Gasteiger partial charge in [0.25, 0.3) is 5.56 Å². The molecule has 0 bridgehead atoms. The van der Waals surface area contributed by atoms with Crippen molar-refractivity contribution < 1.29 is 4.79 Å². The van der Waals surface area contributed by atoms with Gasteiger partial charge in [0.15, 0.2) is 5.16 Å². The van der Waals surface area contributed by atoms with Gasteiger partial charge in [-0.3, -0.25) is 14.2 Å². The Labute approximate surface area is 175 Å². The number of amides is 1. The molecule has 1 aromatic carbocycles. The van der Waals surface area contributed by atoms with Crippen LogP contribution in [-0.2, 0) is 11.3 Å². The molecule has 1 saturated carbocycles. The largest absolute Gasteiger partial charge is 0.353 e. The minimum Gasteiger partial charge on any atom is -0.353 e. The number of halogens is 1. The molecular formula is C21H28ClN3O2S. The van der Waals surface area contributed by atoms with E-state index >= 15 is 0 Å². The third-order valence-electron chi connectivity index (χ3n) is 4.98. The second-order valence-electron chi connectivity index (χ2n) is 7.91. The molecule has 2 aromatic rings. The number of aromatic nitrogens is 2. The van der Waals surface area contributed by atoms with E-state index in [1.54, 1.807) is 22.8 Å². The quantitative estimate of drug-likeness (QED) is 0.419. The molecule has 1 amide bonds. The number of nitrogens with one attached hydrogen (secondary N) is 1. The first-order valence-corrected chi connectivity index (χ1v) is 11.4. The summed E-state index contributed by atoms with van der Waals surface area (Å²) in [5, 5.41) is 4.78. The average Bonchev–Trinajstić information content (AvgIpc) is 2.91. The van der Waals surface area contributed by atoms with Crippen LogP contribution in [-0.4, -0.2) is 27.3 Å². The standard InChI is InChI=1S/C21H28ClN3O2S/c1-14(2)12-25-20(27)17-11-15(22)9-10-18(17)24-21(25)28-13-19(26)23-16-7-5-3-4-6-8-16/h9-11,14,16H,3-8,12-13H2,1-2H3,(H,23,26). The molecule has 0 spiro atoms. The fourth-order valence-corrected chi connectivity index (χ4v) is 4.62. The summed E-state index contributed by atoms with van der Waals surface area (Å²) < 4.78 is 1.67. The smallest absolute Gasteiger partial charge is 0.262 e. The maximum atomic E-state index is 13.0. The van der Waals surface area contributed by atoms with Crippen molar-refractivity contribution in [3.05, 3.63) is 33.6 Å². The summed E-state index contributed by atoms with van der Waals surface area (Å²) in [6, 6.07) is 5.43. The molecule has 1 aromatic heterocycles. The fraction of sp³-hybridized carbons (Fsp3) is 0.571. The molecule has 0 atom stereocenters. The average molecular weight is 422 g/mol. The zero-order chi connectivity index (χ0) is 20.1. The van der Waals surface area contributed by atoms with Crippen molar-refractivity contribution in [2.75, 3.05) is 5.75 Å². The minimum absolute atomic E-state index is 0.0125. The second kappa shape index (κ2) is 9.79. The summed E-state index contributed by atoms with van der Waals surface area (Å²) in [6.07, 6.45) is 7.00. The molecule has 1 N–H and O–H groups in total. The Hall–Kier alpha value is -1.53. The van der Waals surface area contributed by atoms with Crippen molar-refractivity contribution in [1.29, 1.82) is 0 Å². The van der Waals surface area contributed by atoms with E-state index in [-0.39, 0.29) is 29.2 Å². The maximum Gasteiger partial charge on any atom is 0.262 e. The topological polar surface area (TPSA) is 64.0 Å². The van der Waals surface area contributed by atoms with Crippen molar-refractivity contribution in [3.63, 3.8) is 0 Å². The molecule has 0 aliphatic heterocycles. The van der Waals surface area contributed by atoms with Crippen molar-refractivity contribution in [2.45, 2.75) is 70.1 Å². The maximum absolute atomic E-state index is 13.0. The number of fused-ring (bicyclic) bond motifs is 1. The van der Waals surface area contributed by atoms with E-state index in [1.165, 1.54) is 37.4 Å². The Morgan fingerprint density at radius 1 is 1.29 bits per heavy atom. The summed E-state index contributed by atoms with van der Waals surface area (Å²) in [5.41, 5.74) is 0.508. The van der Waals surface area contributed by atoms with Crippen molar-refractivity contribution >= 4 is 40.2 Å². The summed E-state index contributed by atoms with van der Waals surface area (Å²) in [7, 11) is 0. The van der Waals surface area contributed by atoms with Crippen LogP contribution >= 0.6 is 23.4 Å². The van der Waals surface area contributed by atoms with Gasteiger partial charge in [-0.25, -0.2) is 4.98 Å². The van der Waals surface area contributed by atoms with Gasteiger partial charge in [-0.15, -0.1) is 0 Å². The lowest BCUT2D eigenvalue weighted by molar-refractivity contribution is -0.119. The van der Waals surface area contributed by atoms with Crippen LogP contribution in [0.4, 0.5) is 0 Å². The van der Waals surface area contributed by atoms with Crippen molar-refractivity contribution in [2.24, 2.45) is 5.92 Å². The highest BCUT2D eigenvalue weighted by atomic mass is 35.5. The number of benzene rings is 1. The van der Waals surface area contributed by atoms with E-state index in [9.17, 15) is 9.59 Å². The molecule has 152 valence electrons. The zero-order valence-electron chi connectivity index (χ0n) is 16.5. The Bertz CT molecular complexity index is 889. The van der Waals surface area contributed by atoms with Gasteiger partial charge in [-0.2, -0.15) is 0 Å². The number of carbonyl (C=O) groups excluding carboxylic acids is 1. The third-order valence-corrected chi connectivity index (χ3v) is 6.19. The number of rotatable bonds is 6. The molecule has 0 radical (unpaired) electrons. The van der Waals surface area contributed by atoms with Gasteiger partial charge in [0.2, 0.25) is 5.91 Å². The highest BCUT2D eigenvalue weighted by molar-refractivity contribution is 7.99. The van der Waals surface area contributed by atoms with Gasteiger partial charge < -0.3 is 5.32 Å². The normalized spacial score (nSPS) is 15.7. The number of thioether (sulfide) groups is 1. The van der Waals surface area contributed by atoms with Crippen molar-refractivity contribution in [1.82, 2.24) is 14.9 Å². The lowest BCUT2D eigenvalue weighted by atomic mass is 10.1. The Balaban J connectivity index is 1.78. The van der Waals surface area contributed by atoms with Crippen LogP contribution in [0.25, 0.3) is 10.9 Å². The van der Waals surface area contributed by atoms with Crippen LogP contribution in [0.3, 0.4) is 0 Å². The lowest BCUT2D eigenvalue weighted by Crippen LogP contribution is -2.35. The van der Waals surface area contributed by atoms with Crippen LogP contribution < -0.4 is 10.9 Å². The van der Waals surface area contributed by atoms with E-state index in [4.69, 9.17) is 11.6 Å². The molecular weight excluding hydrogens is 394 g/mol. The fourth-order valence-electron chi connectivity index (χ4n) is 3.63. The van der Waals surface area contributed by atoms with Crippen LogP contribution in [0.5, 0.6) is 0 Å². The molecule has 7 heteroatoms. The highest BCUT2D eigenvalue weighted by Gasteiger charge is 2.17. The number of carbonyl (C=O) groups is 1. The predicted molar refractivity (Wildman–Crippen MR) is 116 cm³/mol. The molecule has 3 rings (SSSR count).